The Morgan fingerprint density at radius 1 is 1.42 bits per heavy atom. The minimum Gasteiger partial charge on any atom is -0.477 e. The highest BCUT2D eigenvalue weighted by Gasteiger charge is 2.15. The van der Waals surface area contributed by atoms with E-state index >= 15 is 0 Å². The molecule has 12 heavy (non-hydrogen) atoms. The van der Waals surface area contributed by atoms with Gasteiger partial charge in [-0.3, -0.25) is 0 Å². The second-order valence-corrected chi connectivity index (χ2v) is 2.89. The molecule has 0 aliphatic carbocycles. The Kier molecular flexibility index (Phi) is 1.60. The zero-order valence-electron chi connectivity index (χ0n) is 7.00. The maximum atomic E-state index is 5.71. The van der Waals surface area contributed by atoms with Crippen LogP contribution >= 0.6 is 0 Å². The van der Waals surface area contributed by atoms with Crippen LogP contribution < -0.4 is 10.5 Å². The summed E-state index contributed by atoms with van der Waals surface area (Å²) >= 11 is 0. The van der Waals surface area contributed by atoms with E-state index in [1.807, 2.05) is 6.92 Å². The number of anilines is 1. The Morgan fingerprint density at radius 3 is 3.08 bits per heavy atom. The summed E-state index contributed by atoms with van der Waals surface area (Å²) in [6.07, 6.45) is 1.94. The molecule has 0 fully saturated rings. The molecule has 1 aliphatic rings. The topological polar surface area (TPSA) is 61.0 Å². The van der Waals surface area contributed by atoms with Crippen molar-refractivity contribution in [2.24, 2.45) is 0 Å². The van der Waals surface area contributed by atoms with Crippen LogP contribution in [-0.4, -0.2) is 16.6 Å². The number of aryl methyl sites for hydroxylation is 1. The van der Waals surface area contributed by atoms with E-state index in [1.54, 1.807) is 0 Å². The molecule has 0 bridgehead atoms. The predicted molar refractivity (Wildman–Crippen MR) is 45.0 cm³/mol. The van der Waals surface area contributed by atoms with E-state index in [0.717, 1.165) is 25.0 Å². The Morgan fingerprint density at radius 2 is 2.25 bits per heavy atom. The number of nitrogens with zero attached hydrogens (tertiary/aromatic N) is 2. The Balaban J connectivity index is 2.53. The van der Waals surface area contributed by atoms with Crippen LogP contribution in [0, 0.1) is 6.92 Å². The van der Waals surface area contributed by atoms with Crippen LogP contribution in [0.15, 0.2) is 0 Å². The molecule has 1 aromatic rings. The monoisotopic (exact) mass is 165 g/mol. The fraction of sp³-hybridized carbons (Fsp3) is 0.500. The third-order valence-electron chi connectivity index (χ3n) is 1.92. The summed E-state index contributed by atoms with van der Waals surface area (Å²) in [4.78, 5) is 8.23. The maximum absolute atomic E-state index is 5.71. The van der Waals surface area contributed by atoms with Gasteiger partial charge < -0.3 is 10.5 Å². The van der Waals surface area contributed by atoms with Crippen molar-refractivity contribution in [2.75, 3.05) is 12.3 Å². The summed E-state index contributed by atoms with van der Waals surface area (Å²) in [5, 5.41) is 0. The van der Waals surface area contributed by atoms with E-state index in [9.17, 15) is 0 Å². The van der Waals surface area contributed by atoms with Crippen LogP contribution in [0.4, 0.5) is 5.82 Å². The van der Waals surface area contributed by atoms with Crippen molar-refractivity contribution in [3.8, 4) is 5.88 Å². The molecule has 0 saturated carbocycles. The van der Waals surface area contributed by atoms with Gasteiger partial charge in [0, 0.05) is 0 Å². The number of aromatic nitrogens is 2. The molecule has 2 N–H and O–H groups in total. The lowest BCUT2D eigenvalue weighted by atomic mass is 10.1. The van der Waals surface area contributed by atoms with E-state index in [1.165, 1.54) is 0 Å². The first kappa shape index (κ1) is 7.34. The first-order valence-corrected chi connectivity index (χ1v) is 4.03. The lowest BCUT2D eigenvalue weighted by Crippen LogP contribution is -2.14. The number of hydrogen-bond donors (Lipinski definition) is 1. The Hall–Kier alpha value is -1.32. The molecule has 0 atom stereocenters. The van der Waals surface area contributed by atoms with Gasteiger partial charge in [-0.25, -0.2) is 4.98 Å². The molecule has 0 amide bonds. The van der Waals surface area contributed by atoms with Crippen LogP contribution in [0.5, 0.6) is 5.88 Å². The van der Waals surface area contributed by atoms with E-state index in [0.29, 0.717) is 17.5 Å². The van der Waals surface area contributed by atoms with Gasteiger partial charge in [0.25, 0.3) is 0 Å². The summed E-state index contributed by atoms with van der Waals surface area (Å²) in [6.45, 7) is 2.55. The van der Waals surface area contributed by atoms with Crippen molar-refractivity contribution in [3.63, 3.8) is 0 Å². The SMILES string of the molecule is Cc1nc(N)c2c(n1)OCCC2. The van der Waals surface area contributed by atoms with Gasteiger partial charge in [-0.15, -0.1) is 0 Å². The van der Waals surface area contributed by atoms with E-state index < -0.39 is 0 Å². The molecule has 1 aliphatic heterocycles. The molecule has 64 valence electrons. The number of rotatable bonds is 0. The van der Waals surface area contributed by atoms with Gasteiger partial charge in [0.05, 0.1) is 12.2 Å². The number of nitrogen functional groups attached to an aromatic ring is 1. The summed E-state index contributed by atoms with van der Waals surface area (Å²) in [5.74, 6) is 1.91. The number of hydrogen-bond acceptors (Lipinski definition) is 4. The second kappa shape index (κ2) is 2.62. The highest BCUT2D eigenvalue weighted by atomic mass is 16.5. The average Bonchev–Trinajstić information content (AvgIpc) is 2.04. The van der Waals surface area contributed by atoms with E-state index in [4.69, 9.17) is 10.5 Å². The van der Waals surface area contributed by atoms with Crippen molar-refractivity contribution in [2.45, 2.75) is 19.8 Å². The predicted octanol–water partition coefficient (Wildman–Crippen LogP) is 0.692. The van der Waals surface area contributed by atoms with Crippen LogP contribution in [0.3, 0.4) is 0 Å². The van der Waals surface area contributed by atoms with Gasteiger partial charge in [-0.05, 0) is 19.8 Å². The summed E-state index contributed by atoms with van der Waals surface area (Å²) in [5.41, 5.74) is 6.68. The lowest BCUT2D eigenvalue weighted by molar-refractivity contribution is 0.275. The van der Waals surface area contributed by atoms with Crippen molar-refractivity contribution in [1.29, 1.82) is 0 Å². The average molecular weight is 165 g/mol. The van der Waals surface area contributed by atoms with Crippen molar-refractivity contribution >= 4 is 5.82 Å². The molecular weight excluding hydrogens is 154 g/mol. The van der Waals surface area contributed by atoms with Crippen molar-refractivity contribution < 1.29 is 4.74 Å². The normalized spacial score (nSPS) is 15.1. The first-order valence-electron chi connectivity index (χ1n) is 4.03. The Bertz CT molecular complexity index is 311. The fourth-order valence-corrected chi connectivity index (χ4v) is 1.36. The second-order valence-electron chi connectivity index (χ2n) is 2.89. The van der Waals surface area contributed by atoms with Crippen LogP contribution in [0.2, 0.25) is 0 Å². The molecule has 0 saturated heterocycles. The first-order chi connectivity index (χ1) is 5.77. The molecule has 4 nitrogen and oxygen atoms in total. The largest absolute Gasteiger partial charge is 0.477 e. The molecule has 1 aromatic heterocycles. The standard InChI is InChI=1S/C8H11N3O/c1-5-10-7(9)6-3-2-4-12-8(6)11-5/h2-4H2,1H3,(H2,9,10,11). The molecule has 4 heteroatoms. The summed E-state index contributed by atoms with van der Waals surface area (Å²) in [7, 11) is 0. The van der Waals surface area contributed by atoms with Gasteiger partial charge in [0.1, 0.15) is 11.6 Å². The summed E-state index contributed by atoms with van der Waals surface area (Å²) in [6, 6.07) is 0. The minimum absolute atomic E-state index is 0.567. The smallest absolute Gasteiger partial charge is 0.222 e. The van der Waals surface area contributed by atoms with Crippen molar-refractivity contribution in [3.05, 3.63) is 11.4 Å². The van der Waals surface area contributed by atoms with Crippen LogP contribution in [-0.2, 0) is 6.42 Å². The number of ether oxygens (including phenoxy) is 1. The third-order valence-corrected chi connectivity index (χ3v) is 1.92. The molecular formula is C8H11N3O. The van der Waals surface area contributed by atoms with Gasteiger partial charge >= 0.3 is 0 Å². The van der Waals surface area contributed by atoms with E-state index in [2.05, 4.69) is 9.97 Å². The highest BCUT2D eigenvalue weighted by Crippen LogP contribution is 2.25. The van der Waals surface area contributed by atoms with Gasteiger partial charge in [-0.2, -0.15) is 4.98 Å². The molecule has 0 spiro atoms. The zero-order chi connectivity index (χ0) is 8.55. The van der Waals surface area contributed by atoms with Crippen molar-refractivity contribution in [1.82, 2.24) is 9.97 Å². The fourth-order valence-electron chi connectivity index (χ4n) is 1.36. The van der Waals surface area contributed by atoms with Crippen LogP contribution in [0.1, 0.15) is 17.8 Å². The van der Waals surface area contributed by atoms with E-state index in [-0.39, 0.29) is 0 Å². The molecule has 0 radical (unpaired) electrons. The highest BCUT2D eigenvalue weighted by molar-refractivity contribution is 5.46. The molecule has 2 rings (SSSR count). The third kappa shape index (κ3) is 1.09. The van der Waals surface area contributed by atoms with Gasteiger partial charge in [0.2, 0.25) is 5.88 Å². The minimum atomic E-state index is 0.567. The molecule has 0 aromatic carbocycles. The molecule has 0 unspecified atom stereocenters. The van der Waals surface area contributed by atoms with Gasteiger partial charge in [0.15, 0.2) is 0 Å². The molecule has 2 heterocycles. The lowest BCUT2D eigenvalue weighted by Gasteiger charge is -2.16. The number of nitrogens with two attached hydrogens (primary N) is 1. The number of fused-ring (bicyclic) bond motifs is 1. The van der Waals surface area contributed by atoms with Gasteiger partial charge in [-0.1, -0.05) is 0 Å². The Labute approximate surface area is 70.8 Å². The maximum Gasteiger partial charge on any atom is 0.222 e. The summed E-state index contributed by atoms with van der Waals surface area (Å²) < 4.78 is 5.35. The quantitative estimate of drug-likeness (QED) is 0.614. The zero-order valence-corrected chi connectivity index (χ0v) is 7.00. The van der Waals surface area contributed by atoms with Crippen LogP contribution in [0.25, 0.3) is 0 Å².